The van der Waals surface area contributed by atoms with E-state index in [9.17, 15) is 4.39 Å². The lowest BCUT2D eigenvalue weighted by molar-refractivity contribution is 0.307. The number of nitrogens with two attached hydrogens (primary N) is 1. The van der Waals surface area contributed by atoms with Crippen LogP contribution in [0.3, 0.4) is 0 Å². The molecule has 0 fully saturated rings. The number of hydrogen-bond acceptors (Lipinski definition) is 8. The Balaban J connectivity index is 1.86. The van der Waals surface area contributed by atoms with Crippen LogP contribution in [0.15, 0.2) is 58.9 Å². The van der Waals surface area contributed by atoms with E-state index in [2.05, 4.69) is 25.4 Å². The zero-order chi connectivity index (χ0) is 20.6. The molecule has 2 heterocycles. The number of pyridine rings is 2. The van der Waals surface area contributed by atoms with Crippen molar-refractivity contribution in [2.24, 2.45) is 15.8 Å². The fourth-order valence-corrected chi connectivity index (χ4v) is 2.70. The van der Waals surface area contributed by atoms with Gasteiger partial charge in [-0.2, -0.15) is 5.11 Å². The molecule has 9 heteroatoms. The Kier molecular flexibility index (Phi) is 6.54. The second kappa shape index (κ2) is 9.47. The van der Waals surface area contributed by atoms with Crippen molar-refractivity contribution in [2.45, 2.75) is 6.54 Å². The second-order valence-corrected chi connectivity index (χ2v) is 6.05. The summed E-state index contributed by atoms with van der Waals surface area (Å²) in [6.07, 6.45) is 4.47. The highest BCUT2D eigenvalue weighted by Crippen LogP contribution is 2.26. The topological polar surface area (TPSA) is 133 Å². The van der Waals surface area contributed by atoms with Gasteiger partial charge in [0, 0.05) is 47.7 Å². The van der Waals surface area contributed by atoms with Gasteiger partial charge in [-0.05, 0) is 24.3 Å². The third-order valence-electron chi connectivity index (χ3n) is 4.15. The quantitative estimate of drug-likeness (QED) is 0.344. The van der Waals surface area contributed by atoms with Gasteiger partial charge in [-0.1, -0.05) is 6.07 Å². The van der Waals surface area contributed by atoms with Gasteiger partial charge in [-0.3, -0.25) is 9.98 Å². The first-order valence-corrected chi connectivity index (χ1v) is 8.84. The number of fused-ring (bicyclic) bond motifs is 1. The molecular formula is C20H20FN7O. The first-order chi connectivity index (χ1) is 14.2. The average Bonchev–Trinajstić information content (AvgIpc) is 2.75. The van der Waals surface area contributed by atoms with Crippen LogP contribution < -0.4 is 11.1 Å². The average molecular weight is 393 g/mol. The fourth-order valence-electron chi connectivity index (χ4n) is 2.70. The summed E-state index contributed by atoms with van der Waals surface area (Å²) in [5.74, 6) is -0.0685. The maximum atomic E-state index is 14.4. The molecule has 3 rings (SSSR count). The Bertz CT molecular complexity index is 1080. The van der Waals surface area contributed by atoms with Crippen molar-refractivity contribution in [3.8, 4) is 0 Å². The molecule has 0 aliphatic carbocycles. The lowest BCUT2D eigenvalue weighted by Gasteiger charge is -2.11. The number of nitrogens with zero attached hydrogens (tertiary/aromatic N) is 4. The van der Waals surface area contributed by atoms with E-state index in [1.807, 2.05) is 6.07 Å². The van der Waals surface area contributed by atoms with Crippen LogP contribution in [-0.4, -0.2) is 34.4 Å². The molecule has 3 aromatic rings. The highest BCUT2D eigenvalue weighted by atomic mass is 19.1. The number of aliphatic imine (C=N–C) groups is 1. The molecule has 0 radical (unpaired) electrons. The molecule has 0 spiro atoms. The SMILES string of the molecule is N=Nc1ccc(C(C=NCCO)=CN)nc1NCc1cc2cccnc2cc1F. The van der Waals surface area contributed by atoms with E-state index in [0.717, 1.165) is 5.39 Å². The van der Waals surface area contributed by atoms with Crippen LogP contribution in [0.4, 0.5) is 15.9 Å². The van der Waals surface area contributed by atoms with Crippen molar-refractivity contribution in [3.63, 3.8) is 0 Å². The molecule has 5 N–H and O–H groups in total. The van der Waals surface area contributed by atoms with Gasteiger partial charge >= 0.3 is 0 Å². The summed E-state index contributed by atoms with van der Waals surface area (Å²) in [5, 5.41) is 16.2. The second-order valence-electron chi connectivity index (χ2n) is 6.05. The largest absolute Gasteiger partial charge is 0.404 e. The number of aliphatic hydroxyl groups is 1. The number of halogens is 1. The number of allylic oxidation sites excluding steroid dienone is 1. The zero-order valence-electron chi connectivity index (χ0n) is 15.5. The van der Waals surface area contributed by atoms with Crippen molar-refractivity contribution in [2.75, 3.05) is 18.5 Å². The lowest BCUT2D eigenvalue weighted by Crippen LogP contribution is -2.06. The van der Waals surface area contributed by atoms with E-state index in [0.29, 0.717) is 33.9 Å². The summed E-state index contributed by atoms with van der Waals surface area (Å²) in [5.41, 5.74) is 15.4. The third-order valence-corrected chi connectivity index (χ3v) is 4.15. The molecule has 0 saturated carbocycles. The van der Waals surface area contributed by atoms with Gasteiger partial charge in [0.25, 0.3) is 0 Å². The Hall–Kier alpha value is -3.72. The number of aliphatic hydroxyl groups excluding tert-OH is 1. The Morgan fingerprint density at radius 1 is 1.31 bits per heavy atom. The molecule has 148 valence electrons. The normalized spacial score (nSPS) is 11.9. The van der Waals surface area contributed by atoms with Gasteiger partial charge in [-0.25, -0.2) is 14.9 Å². The predicted molar refractivity (Wildman–Crippen MR) is 111 cm³/mol. The number of aromatic nitrogens is 2. The summed E-state index contributed by atoms with van der Waals surface area (Å²) < 4.78 is 14.4. The molecule has 0 atom stereocenters. The highest BCUT2D eigenvalue weighted by molar-refractivity contribution is 6.09. The predicted octanol–water partition coefficient (Wildman–Crippen LogP) is 3.41. The van der Waals surface area contributed by atoms with Crippen LogP contribution in [0.25, 0.3) is 16.5 Å². The van der Waals surface area contributed by atoms with E-state index in [-0.39, 0.29) is 25.5 Å². The summed E-state index contributed by atoms with van der Waals surface area (Å²) in [6, 6.07) is 10.0. The van der Waals surface area contributed by atoms with Crippen molar-refractivity contribution >= 4 is 34.2 Å². The summed E-state index contributed by atoms with van der Waals surface area (Å²) in [4.78, 5) is 12.6. The summed E-state index contributed by atoms with van der Waals surface area (Å²) in [6.45, 7) is 0.326. The highest BCUT2D eigenvalue weighted by Gasteiger charge is 2.10. The standard InChI is InChI=1S/C20H20FN7O/c21-16-9-19-13(2-1-5-25-19)8-14(16)12-26-20-18(28-23)4-3-17(27-20)15(10-22)11-24-6-7-29/h1-5,8-11,23,29H,6-7,12,22H2,(H,26,27). The maximum absolute atomic E-state index is 14.4. The Morgan fingerprint density at radius 3 is 2.93 bits per heavy atom. The fraction of sp³-hybridized carbons (Fsp3) is 0.150. The molecule has 2 aromatic heterocycles. The van der Waals surface area contributed by atoms with Crippen LogP contribution in [0.1, 0.15) is 11.3 Å². The molecular weight excluding hydrogens is 373 g/mol. The van der Waals surface area contributed by atoms with Crippen LogP contribution in [0.2, 0.25) is 0 Å². The van der Waals surface area contributed by atoms with E-state index in [1.54, 1.807) is 30.5 Å². The maximum Gasteiger partial charge on any atom is 0.154 e. The molecule has 0 saturated heterocycles. The number of benzene rings is 1. The van der Waals surface area contributed by atoms with Crippen molar-refractivity contribution < 1.29 is 9.50 Å². The van der Waals surface area contributed by atoms with Gasteiger partial charge in [-0.15, -0.1) is 0 Å². The third kappa shape index (κ3) is 4.77. The smallest absolute Gasteiger partial charge is 0.154 e. The van der Waals surface area contributed by atoms with Crippen LogP contribution in [0.5, 0.6) is 0 Å². The first kappa shape index (κ1) is 20.0. The molecule has 8 nitrogen and oxygen atoms in total. The van der Waals surface area contributed by atoms with E-state index in [4.69, 9.17) is 16.4 Å². The number of nitrogens with one attached hydrogen (secondary N) is 2. The van der Waals surface area contributed by atoms with Crippen molar-refractivity contribution in [3.05, 3.63) is 65.9 Å². The summed E-state index contributed by atoms with van der Waals surface area (Å²) in [7, 11) is 0. The molecule has 0 amide bonds. The lowest BCUT2D eigenvalue weighted by atomic mass is 10.1. The van der Waals surface area contributed by atoms with Gasteiger partial charge in [0.05, 0.1) is 24.4 Å². The van der Waals surface area contributed by atoms with Crippen molar-refractivity contribution in [1.29, 1.82) is 5.53 Å². The molecule has 0 aliphatic rings. The van der Waals surface area contributed by atoms with Gasteiger partial charge < -0.3 is 16.2 Å². The molecule has 29 heavy (non-hydrogen) atoms. The number of hydrogen-bond donors (Lipinski definition) is 4. The number of anilines is 1. The molecule has 0 aliphatic heterocycles. The number of rotatable bonds is 8. The minimum absolute atomic E-state index is 0.0713. The minimum atomic E-state index is -0.386. The van der Waals surface area contributed by atoms with Crippen LogP contribution >= 0.6 is 0 Å². The molecule has 0 unspecified atom stereocenters. The van der Waals surface area contributed by atoms with E-state index >= 15 is 0 Å². The zero-order valence-corrected chi connectivity index (χ0v) is 15.5. The summed E-state index contributed by atoms with van der Waals surface area (Å²) >= 11 is 0. The van der Waals surface area contributed by atoms with Gasteiger partial charge in [0.15, 0.2) is 5.82 Å². The van der Waals surface area contributed by atoms with E-state index < -0.39 is 0 Å². The van der Waals surface area contributed by atoms with Crippen LogP contribution in [-0.2, 0) is 6.54 Å². The van der Waals surface area contributed by atoms with Gasteiger partial charge in [0.2, 0.25) is 0 Å². The molecule has 0 bridgehead atoms. The Labute approximate surface area is 166 Å². The van der Waals surface area contributed by atoms with Crippen LogP contribution in [0, 0.1) is 11.3 Å². The Morgan fingerprint density at radius 2 is 2.17 bits per heavy atom. The monoisotopic (exact) mass is 393 g/mol. The van der Waals surface area contributed by atoms with Gasteiger partial charge in [0.1, 0.15) is 11.5 Å². The van der Waals surface area contributed by atoms with E-state index in [1.165, 1.54) is 18.5 Å². The molecule has 1 aromatic carbocycles. The first-order valence-electron chi connectivity index (χ1n) is 8.84. The van der Waals surface area contributed by atoms with Crippen molar-refractivity contribution in [1.82, 2.24) is 9.97 Å². The minimum Gasteiger partial charge on any atom is -0.404 e.